The molecule has 1 aliphatic rings. The Balaban J connectivity index is 2.17. The molecule has 4 heteroatoms. The fourth-order valence-corrected chi connectivity index (χ4v) is 1.57. The van der Waals surface area contributed by atoms with Crippen LogP contribution in [0, 0.1) is 23.2 Å². The quantitative estimate of drug-likeness (QED) is 0.637. The molecule has 1 amide bonds. The molecule has 4 nitrogen and oxygen atoms in total. The maximum atomic E-state index is 11.4. The van der Waals surface area contributed by atoms with E-state index in [0.29, 0.717) is 32.0 Å². The van der Waals surface area contributed by atoms with Crippen LogP contribution in [-0.4, -0.2) is 37.1 Å². The third-order valence-corrected chi connectivity index (χ3v) is 2.35. The minimum atomic E-state index is -0.123. The van der Waals surface area contributed by atoms with Gasteiger partial charge in [-0.1, -0.05) is 13.8 Å². The molecule has 1 fully saturated rings. The Hall–Kier alpha value is -1.08. The van der Waals surface area contributed by atoms with Crippen LogP contribution in [0.5, 0.6) is 0 Å². The maximum absolute atomic E-state index is 11.4. The number of amides is 1. The monoisotopic (exact) mass is 210 g/mol. The number of carbonyl (C=O) groups is 1. The average molecular weight is 210 g/mol. The van der Waals surface area contributed by atoms with Crippen LogP contribution in [0.1, 0.15) is 20.3 Å². The summed E-state index contributed by atoms with van der Waals surface area (Å²) in [5.74, 6) is 0.475. The van der Waals surface area contributed by atoms with Gasteiger partial charge in [-0.05, 0) is 5.92 Å². The molecule has 1 heterocycles. The van der Waals surface area contributed by atoms with Crippen molar-refractivity contribution in [2.45, 2.75) is 20.3 Å². The van der Waals surface area contributed by atoms with Crippen molar-refractivity contribution in [2.75, 3.05) is 26.3 Å². The third-order valence-electron chi connectivity index (χ3n) is 2.35. The van der Waals surface area contributed by atoms with E-state index in [-0.39, 0.29) is 11.8 Å². The van der Waals surface area contributed by atoms with Crippen LogP contribution in [0.15, 0.2) is 0 Å². The molecule has 15 heavy (non-hydrogen) atoms. The second kappa shape index (κ2) is 5.72. The summed E-state index contributed by atoms with van der Waals surface area (Å²) in [7, 11) is 0. The van der Waals surface area contributed by atoms with Crippen LogP contribution in [0.4, 0.5) is 0 Å². The molecule has 0 aromatic carbocycles. The molecular weight excluding hydrogens is 192 g/mol. The molecule has 1 saturated heterocycles. The van der Waals surface area contributed by atoms with Crippen LogP contribution < -0.4 is 0 Å². The smallest absolute Gasteiger partial charge is 0.224 e. The molecule has 0 aromatic heterocycles. The van der Waals surface area contributed by atoms with E-state index in [9.17, 15) is 4.79 Å². The molecule has 0 bridgehead atoms. The number of hydrogen-bond acceptors (Lipinski definition) is 3. The minimum Gasteiger partial charge on any atom is -0.379 e. The predicted molar refractivity (Wildman–Crippen MR) is 56.0 cm³/mol. The molecular formula is C11H18N2O2. The molecule has 1 atom stereocenters. The molecule has 84 valence electrons. The molecule has 0 aromatic rings. The van der Waals surface area contributed by atoms with E-state index in [2.05, 4.69) is 19.9 Å². The van der Waals surface area contributed by atoms with E-state index in [1.807, 2.05) is 0 Å². The van der Waals surface area contributed by atoms with E-state index in [1.165, 1.54) is 0 Å². The van der Waals surface area contributed by atoms with Crippen LogP contribution in [0.3, 0.4) is 0 Å². The van der Waals surface area contributed by atoms with Crippen LogP contribution >= 0.6 is 0 Å². The Bertz CT molecular complexity index is 258. The van der Waals surface area contributed by atoms with Gasteiger partial charge in [0.15, 0.2) is 0 Å². The SMILES string of the molecule is CC(C)COCCN1CC(C#N)CC1=O. The Kier molecular flexibility index (Phi) is 4.57. The van der Waals surface area contributed by atoms with Gasteiger partial charge in [-0.2, -0.15) is 5.26 Å². The number of ether oxygens (including phenoxy) is 1. The van der Waals surface area contributed by atoms with Gasteiger partial charge in [-0.3, -0.25) is 4.79 Å². The van der Waals surface area contributed by atoms with Gasteiger partial charge in [0.05, 0.1) is 18.6 Å². The van der Waals surface area contributed by atoms with E-state index in [4.69, 9.17) is 10.00 Å². The van der Waals surface area contributed by atoms with Crippen LogP contribution in [0.25, 0.3) is 0 Å². The number of nitriles is 1. The Morgan fingerprint density at radius 3 is 2.93 bits per heavy atom. The van der Waals surface area contributed by atoms with Crippen molar-refractivity contribution in [3.8, 4) is 6.07 Å². The summed E-state index contributed by atoms with van der Waals surface area (Å²) in [5.41, 5.74) is 0. The lowest BCUT2D eigenvalue weighted by Crippen LogP contribution is -2.29. The number of rotatable bonds is 5. The fourth-order valence-electron chi connectivity index (χ4n) is 1.57. The largest absolute Gasteiger partial charge is 0.379 e. The lowest BCUT2D eigenvalue weighted by Gasteiger charge is -2.16. The molecule has 1 unspecified atom stereocenters. The highest BCUT2D eigenvalue weighted by Gasteiger charge is 2.28. The normalized spacial score (nSPS) is 21.1. The summed E-state index contributed by atoms with van der Waals surface area (Å²) in [6.45, 7) is 6.66. The first-order valence-corrected chi connectivity index (χ1v) is 5.38. The van der Waals surface area contributed by atoms with Gasteiger partial charge < -0.3 is 9.64 Å². The van der Waals surface area contributed by atoms with Crippen molar-refractivity contribution in [2.24, 2.45) is 11.8 Å². The fraction of sp³-hybridized carbons (Fsp3) is 0.818. The zero-order valence-electron chi connectivity index (χ0n) is 9.40. The first kappa shape index (κ1) is 12.0. The zero-order valence-corrected chi connectivity index (χ0v) is 9.40. The van der Waals surface area contributed by atoms with Gasteiger partial charge in [0, 0.05) is 26.1 Å². The molecule has 0 N–H and O–H groups in total. The van der Waals surface area contributed by atoms with E-state index < -0.39 is 0 Å². The molecule has 0 radical (unpaired) electrons. The first-order valence-electron chi connectivity index (χ1n) is 5.38. The minimum absolute atomic E-state index is 0.0784. The molecule has 0 saturated carbocycles. The topological polar surface area (TPSA) is 53.3 Å². The summed E-state index contributed by atoms with van der Waals surface area (Å²) in [6, 6.07) is 2.13. The molecule has 0 spiro atoms. The standard InChI is InChI=1S/C11H18N2O2/c1-9(2)8-15-4-3-13-7-10(6-12)5-11(13)14/h9-10H,3-5,7-8H2,1-2H3. The van der Waals surface area contributed by atoms with Crippen molar-refractivity contribution >= 4 is 5.91 Å². The third kappa shape index (κ3) is 3.88. The molecule has 0 aliphatic carbocycles. The van der Waals surface area contributed by atoms with Crippen molar-refractivity contribution in [1.82, 2.24) is 4.90 Å². The summed E-state index contributed by atoms with van der Waals surface area (Å²) in [5, 5.41) is 8.69. The highest BCUT2D eigenvalue weighted by molar-refractivity contribution is 5.79. The molecule has 1 aliphatic heterocycles. The van der Waals surface area contributed by atoms with E-state index in [0.717, 1.165) is 6.61 Å². The number of likely N-dealkylation sites (tertiary alicyclic amines) is 1. The van der Waals surface area contributed by atoms with Crippen LogP contribution in [0.2, 0.25) is 0 Å². The Morgan fingerprint density at radius 1 is 1.67 bits per heavy atom. The Morgan fingerprint density at radius 2 is 2.40 bits per heavy atom. The van der Waals surface area contributed by atoms with Crippen molar-refractivity contribution in [1.29, 1.82) is 5.26 Å². The predicted octanol–water partition coefficient (Wildman–Crippen LogP) is 1.03. The van der Waals surface area contributed by atoms with E-state index in [1.54, 1.807) is 4.90 Å². The van der Waals surface area contributed by atoms with Crippen molar-refractivity contribution in [3.05, 3.63) is 0 Å². The first-order chi connectivity index (χ1) is 7.13. The maximum Gasteiger partial charge on any atom is 0.224 e. The van der Waals surface area contributed by atoms with Gasteiger partial charge in [0.2, 0.25) is 5.91 Å². The van der Waals surface area contributed by atoms with Gasteiger partial charge >= 0.3 is 0 Å². The lowest BCUT2D eigenvalue weighted by molar-refractivity contribution is -0.128. The van der Waals surface area contributed by atoms with Crippen molar-refractivity contribution < 1.29 is 9.53 Å². The number of hydrogen-bond donors (Lipinski definition) is 0. The van der Waals surface area contributed by atoms with Crippen molar-refractivity contribution in [3.63, 3.8) is 0 Å². The van der Waals surface area contributed by atoms with Gasteiger partial charge in [-0.25, -0.2) is 0 Å². The molecule has 1 rings (SSSR count). The summed E-state index contributed by atoms with van der Waals surface area (Å²) in [4.78, 5) is 13.1. The second-order valence-corrected chi connectivity index (χ2v) is 4.34. The van der Waals surface area contributed by atoms with Crippen LogP contribution in [-0.2, 0) is 9.53 Å². The highest BCUT2D eigenvalue weighted by atomic mass is 16.5. The van der Waals surface area contributed by atoms with Gasteiger partial charge in [-0.15, -0.1) is 0 Å². The van der Waals surface area contributed by atoms with E-state index >= 15 is 0 Å². The zero-order chi connectivity index (χ0) is 11.3. The van der Waals surface area contributed by atoms with Gasteiger partial charge in [0.1, 0.15) is 0 Å². The lowest BCUT2D eigenvalue weighted by atomic mass is 10.1. The van der Waals surface area contributed by atoms with Gasteiger partial charge in [0.25, 0.3) is 0 Å². The highest BCUT2D eigenvalue weighted by Crippen LogP contribution is 2.15. The summed E-state index contributed by atoms with van der Waals surface area (Å²) < 4.78 is 5.40. The summed E-state index contributed by atoms with van der Waals surface area (Å²) in [6.07, 6.45) is 0.376. The number of carbonyl (C=O) groups excluding carboxylic acids is 1. The average Bonchev–Trinajstić information content (AvgIpc) is 2.54. The summed E-state index contributed by atoms with van der Waals surface area (Å²) >= 11 is 0. The second-order valence-electron chi connectivity index (χ2n) is 4.34. The Labute approximate surface area is 90.8 Å². The number of nitrogens with zero attached hydrogens (tertiary/aromatic N) is 2.